The summed E-state index contributed by atoms with van der Waals surface area (Å²) in [6.07, 6.45) is 1.05. The van der Waals surface area contributed by atoms with E-state index in [1.807, 2.05) is 12.1 Å². The molecule has 1 atom stereocenters. The van der Waals surface area contributed by atoms with Crippen molar-refractivity contribution in [1.29, 1.82) is 0 Å². The number of benzene rings is 2. The van der Waals surface area contributed by atoms with Crippen molar-refractivity contribution in [2.45, 2.75) is 12.5 Å². The molecule has 0 fully saturated rings. The highest BCUT2D eigenvalue weighted by atomic mass is 16.5. The predicted octanol–water partition coefficient (Wildman–Crippen LogP) is 2.40. The van der Waals surface area contributed by atoms with Gasteiger partial charge in [-0.05, 0) is 42.0 Å². The molecule has 1 aromatic heterocycles. The Morgan fingerprint density at radius 3 is 2.56 bits per heavy atom. The van der Waals surface area contributed by atoms with E-state index in [0.29, 0.717) is 0 Å². The summed E-state index contributed by atoms with van der Waals surface area (Å²) < 4.78 is 16.2. The normalized spacial score (nSPS) is 16.5. The molecular formula is C20H23N2O3+. The number of aromatic amines is 1. The van der Waals surface area contributed by atoms with E-state index in [1.165, 1.54) is 22.2 Å². The molecule has 0 unspecified atom stereocenters. The fourth-order valence-corrected chi connectivity index (χ4v) is 3.77. The van der Waals surface area contributed by atoms with Crippen LogP contribution < -0.4 is 19.5 Å². The summed E-state index contributed by atoms with van der Waals surface area (Å²) in [5, 5.41) is 3.63. The van der Waals surface area contributed by atoms with E-state index in [9.17, 15) is 0 Å². The molecule has 130 valence electrons. The molecule has 3 N–H and O–H groups in total. The van der Waals surface area contributed by atoms with E-state index in [0.717, 1.165) is 35.7 Å². The lowest BCUT2D eigenvalue weighted by atomic mass is 9.94. The van der Waals surface area contributed by atoms with Crippen molar-refractivity contribution in [1.82, 2.24) is 4.98 Å². The minimum atomic E-state index is 0.224. The Bertz CT molecular complexity index is 917. The number of quaternary nitrogens is 1. The van der Waals surface area contributed by atoms with Crippen molar-refractivity contribution in [3.05, 3.63) is 53.2 Å². The van der Waals surface area contributed by atoms with Crippen LogP contribution in [0.15, 0.2) is 36.4 Å². The lowest BCUT2D eigenvalue weighted by Crippen LogP contribution is -2.87. The summed E-state index contributed by atoms with van der Waals surface area (Å²) in [5.74, 6) is 2.41. The van der Waals surface area contributed by atoms with Gasteiger partial charge < -0.3 is 24.5 Å². The zero-order valence-electron chi connectivity index (χ0n) is 14.8. The number of nitrogens with two attached hydrogens (primary N) is 1. The van der Waals surface area contributed by atoms with E-state index in [-0.39, 0.29) is 6.04 Å². The molecule has 0 spiro atoms. The maximum absolute atomic E-state index is 5.48. The molecule has 4 rings (SSSR count). The van der Waals surface area contributed by atoms with Crippen molar-refractivity contribution in [2.75, 3.05) is 27.9 Å². The van der Waals surface area contributed by atoms with Crippen molar-refractivity contribution >= 4 is 10.9 Å². The van der Waals surface area contributed by atoms with Crippen LogP contribution in [0.25, 0.3) is 10.9 Å². The first-order chi connectivity index (χ1) is 12.2. The number of aromatic nitrogens is 1. The van der Waals surface area contributed by atoms with Crippen LogP contribution in [0.1, 0.15) is 22.9 Å². The third-order valence-electron chi connectivity index (χ3n) is 5.02. The van der Waals surface area contributed by atoms with Crippen LogP contribution in [0.5, 0.6) is 17.2 Å². The number of H-pyrrole nitrogens is 1. The third-order valence-corrected chi connectivity index (χ3v) is 5.02. The van der Waals surface area contributed by atoms with Gasteiger partial charge in [-0.25, -0.2) is 0 Å². The molecule has 25 heavy (non-hydrogen) atoms. The Balaban J connectivity index is 1.82. The number of hydrogen-bond donors (Lipinski definition) is 2. The molecule has 3 aromatic rings. The van der Waals surface area contributed by atoms with Gasteiger partial charge in [-0.15, -0.1) is 0 Å². The molecule has 0 amide bonds. The van der Waals surface area contributed by atoms with E-state index in [2.05, 4.69) is 34.6 Å². The zero-order chi connectivity index (χ0) is 17.4. The highest BCUT2D eigenvalue weighted by Gasteiger charge is 2.29. The van der Waals surface area contributed by atoms with Gasteiger partial charge in [0.15, 0.2) is 17.5 Å². The van der Waals surface area contributed by atoms with Crippen LogP contribution >= 0.6 is 0 Å². The molecule has 5 nitrogen and oxygen atoms in total. The fourth-order valence-electron chi connectivity index (χ4n) is 3.77. The maximum atomic E-state index is 5.48. The Morgan fingerprint density at radius 1 is 0.960 bits per heavy atom. The van der Waals surface area contributed by atoms with Gasteiger partial charge in [-0.1, -0.05) is 0 Å². The second kappa shape index (κ2) is 6.33. The molecule has 0 saturated heterocycles. The average molecular weight is 339 g/mol. The van der Waals surface area contributed by atoms with Crippen LogP contribution in [-0.2, 0) is 6.42 Å². The molecule has 1 aliphatic rings. The fraction of sp³-hybridized carbons (Fsp3) is 0.300. The van der Waals surface area contributed by atoms with Gasteiger partial charge in [0, 0.05) is 22.9 Å². The van der Waals surface area contributed by atoms with Crippen LogP contribution in [0.3, 0.4) is 0 Å². The van der Waals surface area contributed by atoms with E-state index >= 15 is 0 Å². The van der Waals surface area contributed by atoms with Gasteiger partial charge in [0.2, 0.25) is 0 Å². The molecule has 2 heterocycles. The second-order valence-electron chi connectivity index (χ2n) is 6.30. The first-order valence-corrected chi connectivity index (χ1v) is 8.49. The number of fused-ring (bicyclic) bond motifs is 3. The van der Waals surface area contributed by atoms with Gasteiger partial charge in [0.1, 0.15) is 5.75 Å². The number of nitrogens with one attached hydrogen (secondary N) is 1. The zero-order valence-corrected chi connectivity index (χ0v) is 14.8. The smallest absolute Gasteiger partial charge is 0.161 e. The molecule has 0 saturated carbocycles. The Labute approximate surface area is 146 Å². The third kappa shape index (κ3) is 2.61. The highest BCUT2D eigenvalue weighted by Crippen LogP contribution is 2.35. The standard InChI is InChI=1S/C20H22N2O3/c1-23-13-5-6-16-15(11-13)14-8-9-21-19(20(14)22-16)12-4-7-17(24-2)18(10-12)25-3/h4-7,10-11,19,21-22H,8-9H2,1-3H3/p+1/t19-/m1/s1. The summed E-state index contributed by atoms with van der Waals surface area (Å²) in [6, 6.07) is 12.6. The Hall–Kier alpha value is -2.66. The summed E-state index contributed by atoms with van der Waals surface area (Å²) >= 11 is 0. The largest absolute Gasteiger partial charge is 0.497 e. The SMILES string of the molecule is COc1ccc2[nH]c3c(c2c1)CC[NH2+][C@@H]3c1ccc(OC)c(OC)c1. The monoisotopic (exact) mass is 339 g/mol. The summed E-state index contributed by atoms with van der Waals surface area (Å²) in [7, 11) is 5.04. The number of hydrogen-bond acceptors (Lipinski definition) is 3. The van der Waals surface area contributed by atoms with Crippen molar-refractivity contribution < 1.29 is 19.5 Å². The topological polar surface area (TPSA) is 60.1 Å². The lowest BCUT2D eigenvalue weighted by Gasteiger charge is -2.22. The van der Waals surface area contributed by atoms with Gasteiger partial charge >= 0.3 is 0 Å². The second-order valence-corrected chi connectivity index (χ2v) is 6.30. The van der Waals surface area contributed by atoms with E-state index < -0.39 is 0 Å². The van der Waals surface area contributed by atoms with Crippen molar-refractivity contribution in [3.8, 4) is 17.2 Å². The molecular weight excluding hydrogens is 316 g/mol. The minimum absolute atomic E-state index is 0.224. The minimum Gasteiger partial charge on any atom is -0.497 e. The molecule has 0 radical (unpaired) electrons. The van der Waals surface area contributed by atoms with Crippen molar-refractivity contribution in [2.24, 2.45) is 0 Å². The molecule has 0 aliphatic carbocycles. The van der Waals surface area contributed by atoms with Gasteiger partial charge in [0.05, 0.1) is 33.6 Å². The Morgan fingerprint density at radius 2 is 1.80 bits per heavy atom. The van der Waals surface area contributed by atoms with E-state index in [4.69, 9.17) is 14.2 Å². The maximum Gasteiger partial charge on any atom is 0.161 e. The summed E-state index contributed by atoms with van der Waals surface area (Å²) in [5.41, 5.74) is 5.02. The van der Waals surface area contributed by atoms with Gasteiger partial charge in [-0.2, -0.15) is 0 Å². The van der Waals surface area contributed by atoms with Gasteiger partial charge in [0.25, 0.3) is 0 Å². The van der Waals surface area contributed by atoms with Crippen LogP contribution in [-0.4, -0.2) is 32.9 Å². The van der Waals surface area contributed by atoms with Crippen LogP contribution in [0.4, 0.5) is 0 Å². The lowest BCUT2D eigenvalue weighted by molar-refractivity contribution is -0.690. The number of rotatable bonds is 4. The van der Waals surface area contributed by atoms with Crippen LogP contribution in [0, 0.1) is 0 Å². The summed E-state index contributed by atoms with van der Waals surface area (Å²) in [6.45, 7) is 1.05. The van der Waals surface area contributed by atoms with Crippen LogP contribution in [0.2, 0.25) is 0 Å². The Kier molecular flexibility index (Phi) is 4.01. The number of ether oxygens (including phenoxy) is 3. The van der Waals surface area contributed by atoms with Gasteiger partial charge in [-0.3, -0.25) is 0 Å². The molecule has 0 bridgehead atoms. The first-order valence-electron chi connectivity index (χ1n) is 8.49. The molecule has 5 heteroatoms. The summed E-state index contributed by atoms with van der Waals surface area (Å²) in [4.78, 5) is 3.62. The van der Waals surface area contributed by atoms with Crippen molar-refractivity contribution in [3.63, 3.8) is 0 Å². The average Bonchev–Trinajstić information content (AvgIpc) is 3.05. The first kappa shape index (κ1) is 15.8. The molecule has 1 aliphatic heterocycles. The number of methoxy groups -OCH3 is 3. The molecule has 2 aromatic carbocycles. The quantitative estimate of drug-likeness (QED) is 0.767. The predicted molar refractivity (Wildman–Crippen MR) is 96.7 cm³/mol. The van der Waals surface area contributed by atoms with E-state index in [1.54, 1.807) is 21.3 Å². The highest BCUT2D eigenvalue weighted by molar-refractivity contribution is 5.86.